The summed E-state index contributed by atoms with van der Waals surface area (Å²) in [6, 6.07) is 4.95. The van der Waals surface area contributed by atoms with Crippen molar-refractivity contribution in [2.75, 3.05) is 13.1 Å². The van der Waals surface area contributed by atoms with E-state index in [1.807, 2.05) is 11.8 Å². The molecular formula is C15H19NO3. The van der Waals surface area contributed by atoms with Gasteiger partial charge in [-0.3, -0.25) is 4.79 Å². The number of amides is 1. The maximum atomic E-state index is 12.5. The number of nitrogens with zero attached hydrogens (tertiary/aromatic N) is 1. The minimum atomic E-state index is -0.967. The van der Waals surface area contributed by atoms with Crippen molar-refractivity contribution in [3.8, 4) is 0 Å². The van der Waals surface area contributed by atoms with Crippen molar-refractivity contribution < 1.29 is 14.7 Å². The van der Waals surface area contributed by atoms with Crippen molar-refractivity contribution in [2.24, 2.45) is 0 Å². The van der Waals surface area contributed by atoms with Gasteiger partial charge in [0.25, 0.3) is 5.91 Å². The van der Waals surface area contributed by atoms with Crippen LogP contribution in [0.3, 0.4) is 0 Å². The molecule has 0 radical (unpaired) electrons. The average Bonchev–Trinajstić information content (AvgIpc) is 2.46. The van der Waals surface area contributed by atoms with Crippen LogP contribution in [-0.4, -0.2) is 35.0 Å². The SMILES string of the molecule is CCc1c(C(=O)O)cccc1C(=O)N1CCCCC1. The molecule has 1 amide bonds. The molecule has 0 atom stereocenters. The summed E-state index contributed by atoms with van der Waals surface area (Å²) in [5, 5.41) is 9.19. The van der Waals surface area contributed by atoms with E-state index < -0.39 is 5.97 Å². The topological polar surface area (TPSA) is 57.6 Å². The van der Waals surface area contributed by atoms with Gasteiger partial charge >= 0.3 is 5.97 Å². The summed E-state index contributed by atoms with van der Waals surface area (Å²) in [4.78, 5) is 25.5. The number of likely N-dealkylation sites (tertiary alicyclic amines) is 1. The molecule has 0 saturated carbocycles. The van der Waals surface area contributed by atoms with Crippen LogP contribution in [0.5, 0.6) is 0 Å². The zero-order valence-electron chi connectivity index (χ0n) is 11.2. The molecule has 1 aliphatic heterocycles. The predicted octanol–water partition coefficient (Wildman–Crippen LogP) is 2.57. The van der Waals surface area contributed by atoms with Gasteiger partial charge in [0.1, 0.15) is 0 Å². The lowest BCUT2D eigenvalue weighted by molar-refractivity contribution is 0.0695. The fourth-order valence-electron chi connectivity index (χ4n) is 2.64. The molecule has 1 aromatic rings. The minimum absolute atomic E-state index is 0.0281. The Labute approximate surface area is 113 Å². The zero-order valence-corrected chi connectivity index (χ0v) is 11.2. The second-order valence-electron chi connectivity index (χ2n) is 4.84. The number of hydrogen-bond acceptors (Lipinski definition) is 2. The Morgan fingerprint density at radius 2 is 1.79 bits per heavy atom. The maximum absolute atomic E-state index is 12.5. The quantitative estimate of drug-likeness (QED) is 0.909. The number of carboxylic acids is 1. The van der Waals surface area contributed by atoms with Crippen LogP contribution in [0.4, 0.5) is 0 Å². The summed E-state index contributed by atoms with van der Waals surface area (Å²) in [5.74, 6) is -0.996. The number of aromatic carboxylic acids is 1. The number of carbonyl (C=O) groups is 2. The van der Waals surface area contributed by atoms with Gasteiger partial charge in [-0.15, -0.1) is 0 Å². The summed E-state index contributed by atoms with van der Waals surface area (Å²) in [7, 11) is 0. The van der Waals surface area contributed by atoms with E-state index in [4.69, 9.17) is 0 Å². The Bertz CT molecular complexity index is 490. The van der Waals surface area contributed by atoms with Crippen molar-refractivity contribution in [3.05, 3.63) is 34.9 Å². The lowest BCUT2D eigenvalue weighted by atomic mass is 9.97. The summed E-state index contributed by atoms with van der Waals surface area (Å²) in [6.45, 7) is 3.44. The highest BCUT2D eigenvalue weighted by Crippen LogP contribution is 2.20. The Hall–Kier alpha value is -1.84. The third-order valence-corrected chi connectivity index (χ3v) is 3.63. The van der Waals surface area contributed by atoms with Crippen molar-refractivity contribution in [3.63, 3.8) is 0 Å². The summed E-state index contributed by atoms with van der Waals surface area (Å²) < 4.78 is 0. The molecule has 1 aliphatic rings. The predicted molar refractivity (Wildman–Crippen MR) is 72.5 cm³/mol. The van der Waals surface area contributed by atoms with Gasteiger partial charge in [0.15, 0.2) is 0 Å². The highest BCUT2D eigenvalue weighted by atomic mass is 16.4. The van der Waals surface area contributed by atoms with Crippen LogP contribution >= 0.6 is 0 Å². The van der Waals surface area contributed by atoms with Crippen LogP contribution < -0.4 is 0 Å². The molecule has 4 heteroatoms. The van der Waals surface area contributed by atoms with Gasteiger partial charge < -0.3 is 10.0 Å². The van der Waals surface area contributed by atoms with Gasteiger partial charge in [0.2, 0.25) is 0 Å². The van der Waals surface area contributed by atoms with Crippen molar-refractivity contribution in [1.29, 1.82) is 0 Å². The second kappa shape index (κ2) is 5.87. The molecule has 2 rings (SSSR count). The molecular weight excluding hydrogens is 242 g/mol. The first kappa shape index (κ1) is 13.6. The van der Waals surface area contributed by atoms with E-state index in [0.717, 1.165) is 25.9 Å². The van der Waals surface area contributed by atoms with E-state index in [9.17, 15) is 14.7 Å². The fourth-order valence-corrected chi connectivity index (χ4v) is 2.64. The molecule has 1 saturated heterocycles. The van der Waals surface area contributed by atoms with Crippen molar-refractivity contribution in [2.45, 2.75) is 32.6 Å². The monoisotopic (exact) mass is 261 g/mol. The van der Waals surface area contributed by atoms with Crippen LogP contribution in [0, 0.1) is 0 Å². The third kappa shape index (κ3) is 2.78. The number of carboxylic acid groups (broad SMARTS) is 1. The highest BCUT2D eigenvalue weighted by Gasteiger charge is 2.22. The molecule has 19 heavy (non-hydrogen) atoms. The molecule has 0 aromatic heterocycles. The van der Waals surface area contributed by atoms with E-state index in [0.29, 0.717) is 17.5 Å². The maximum Gasteiger partial charge on any atom is 0.335 e. The number of rotatable bonds is 3. The Morgan fingerprint density at radius 3 is 2.37 bits per heavy atom. The van der Waals surface area contributed by atoms with Crippen molar-refractivity contribution in [1.82, 2.24) is 4.90 Å². The molecule has 1 heterocycles. The van der Waals surface area contributed by atoms with Gasteiger partial charge in [0.05, 0.1) is 5.56 Å². The third-order valence-electron chi connectivity index (χ3n) is 3.63. The first-order valence-corrected chi connectivity index (χ1v) is 6.79. The molecule has 0 bridgehead atoms. The molecule has 102 valence electrons. The standard InChI is InChI=1S/C15H19NO3/c1-2-11-12(7-6-8-13(11)15(18)19)14(17)16-9-4-3-5-10-16/h6-8H,2-5,9-10H2,1H3,(H,18,19). The largest absolute Gasteiger partial charge is 0.478 e. The van der Waals surface area contributed by atoms with Crippen LogP contribution in [-0.2, 0) is 6.42 Å². The van der Waals surface area contributed by atoms with Crippen molar-refractivity contribution >= 4 is 11.9 Å². The van der Waals surface area contributed by atoms with E-state index in [2.05, 4.69) is 0 Å². The van der Waals surface area contributed by atoms with Crippen LogP contribution in [0.15, 0.2) is 18.2 Å². The molecule has 0 spiro atoms. The van der Waals surface area contributed by atoms with E-state index in [1.54, 1.807) is 18.2 Å². The second-order valence-corrected chi connectivity index (χ2v) is 4.84. The molecule has 4 nitrogen and oxygen atoms in total. The van der Waals surface area contributed by atoms with Gasteiger partial charge in [-0.2, -0.15) is 0 Å². The summed E-state index contributed by atoms with van der Waals surface area (Å²) in [5.41, 5.74) is 1.43. The average molecular weight is 261 g/mol. The van der Waals surface area contributed by atoms with Gasteiger partial charge in [-0.05, 0) is 43.4 Å². The molecule has 1 N–H and O–H groups in total. The fraction of sp³-hybridized carbons (Fsp3) is 0.467. The first-order valence-electron chi connectivity index (χ1n) is 6.79. The Balaban J connectivity index is 2.35. The summed E-state index contributed by atoms with van der Waals surface area (Å²) in [6.07, 6.45) is 3.79. The number of benzene rings is 1. The molecule has 1 fully saturated rings. The zero-order chi connectivity index (χ0) is 13.8. The van der Waals surface area contributed by atoms with E-state index in [1.165, 1.54) is 6.42 Å². The van der Waals surface area contributed by atoms with Crippen LogP contribution in [0.25, 0.3) is 0 Å². The van der Waals surface area contributed by atoms with Crippen LogP contribution in [0.1, 0.15) is 52.5 Å². The highest BCUT2D eigenvalue weighted by molar-refractivity contribution is 6.00. The lowest BCUT2D eigenvalue weighted by Gasteiger charge is -2.27. The first-order chi connectivity index (χ1) is 9.15. The minimum Gasteiger partial charge on any atom is -0.478 e. The number of piperidine rings is 1. The Kier molecular flexibility index (Phi) is 4.20. The smallest absolute Gasteiger partial charge is 0.335 e. The molecule has 0 aliphatic carbocycles. The number of carbonyl (C=O) groups excluding carboxylic acids is 1. The van der Waals surface area contributed by atoms with E-state index >= 15 is 0 Å². The van der Waals surface area contributed by atoms with Gasteiger partial charge in [0, 0.05) is 18.7 Å². The van der Waals surface area contributed by atoms with Gasteiger partial charge in [-0.25, -0.2) is 4.79 Å². The van der Waals surface area contributed by atoms with Gasteiger partial charge in [-0.1, -0.05) is 13.0 Å². The Morgan fingerprint density at radius 1 is 1.16 bits per heavy atom. The normalized spacial score (nSPS) is 15.3. The lowest BCUT2D eigenvalue weighted by Crippen LogP contribution is -2.36. The van der Waals surface area contributed by atoms with E-state index in [-0.39, 0.29) is 11.5 Å². The summed E-state index contributed by atoms with van der Waals surface area (Å²) >= 11 is 0. The van der Waals surface area contributed by atoms with Crippen LogP contribution in [0.2, 0.25) is 0 Å². The molecule has 1 aromatic carbocycles. The molecule has 0 unspecified atom stereocenters. The number of hydrogen-bond donors (Lipinski definition) is 1.